The summed E-state index contributed by atoms with van der Waals surface area (Å²) in [6.45, 7) is 11.3. The van der Waals surface area contributed by atoms with Gasteiger partial charge in [-0.1, -0.05) is 48.4 Å². The second kappa shape index (κ2) is 9.65. The van der Waals surface area contributed by atoms with Gasteiger partial charge in [0.05, 0.1) is 11.1 Å². The van der Waals surface area contributed by atoms with Crippen LogP contribution in [0.4, 0.5) is 0 Å². The summed E-state index contributed by atoms with van der Waals surface area (Å²) in [5, 5.41) is 3.50. The number of halogens is 2. The minimum Gasteiger partial charge on any atom is -0.492 e. The maximum atomic E-state index is 5.78. The van der Waals surface area contributed by atoms with Gasteiger partial charge in [-0.15, -0.1) is 0 Å². The largest absolute Gasteiger partial charge is 0.492 e. The molecule has 0 aliphatic rings. The molecule has 0 atom stereocenters. The van der Waals surface area contributed by atoms with Crippen LogP contribution >= 0.6 is 31.9 Å². The summed E-state index contributed by atoms with van der Waals surface area (Å²) in [4.78, 5) is 0. The second-order valence-electron chi connectivity index (χ2n) is 5.42. The van der Waals surface area contributed by atoms with Gasteiger partial charge in [0.1, 0.15) is 5.75 Å². The molecular weight excluding hydrogens is 394 g/mol. The van der Waals surface area contributed by atoms with Crippen molar-refractivity contribution in [3.8, 4) is 5.75 Å². The van der Waals surface area contributed by atoms with Crippen LogP contribution in [0.15, 0.2) is 26.7 Å². The minimum atomic E-state index is 0.661. The van der Waals surface area contributed by atoms with Gasteiger partial charge in [0.25, 0.3) is 0 Å². The summed E-state index contributed by atoms with van der Waals surface area (Å²) >= 11 is 7.13. The number of hydrogen-bond donors (Lipinski definition) is 1. The number of ether oxygens (including phenoxy) is 1. The van der Waals surface area contributed by atoms with E-state index in [0.717, 1.165) is 39.8 Å². The van der Waals surface area contributed by atoms with Crippen molar-refractivity contribution in [3.63, 3.8) is 0 Å². The molecule has 1 aromatic carbocycles. The second-order valence-corrected chi connectivity index (χ2v) is 7.19. The standard InChI is InChI=1S/C17H25Br2NO/c1-5-13(11-20-10-12(3)4)7-14-8-15(18)9-16(19)17(14)21-6-2/h7-9,12,20H,5-6,10-11H2,1-4H3. The topological polar surface area (TPSA) is 21.3 Å². The fourth-order valence-electron chi connectivity index (χ4n) is 2.00. The van der Waals surface area contributed by atoms with Gasteiger partial charge in [0, 0.05) is 16.6 Å². The third-order valence-electron chi connectivity index (χ3n) is 3.04. The summed E-state index contributed by atoms with van der Waals surface area (Å²) in [6.07, 6.45) is 3.26. The molecule has 0 amide bonds. The minimum absolute atomic E-state index is 0.661. The van der Waals surface area contributed by atoms with Crippen LogP contribution < -0.4 is 10.1 Å². The Labute approximate surface area is 145 Å². The van der Waals surface area contributed by atoms with Gasteiger partial charge in [0.15, 0.2) is 0 Å². The highest BCUT2D eigenvalue weighted by Gasteiger charge is 2.09. The first-order chi connectivity index (χ1) is 9.97. The lowest BCUT2D eigenvalue weighted by Crippen LogP contribution is -2.21. The fourth-order valence-corrected chi connectivity index (χ4v) is 3.38. The summed E-state index contributed by atoms with van der Waals surface area (Å²) in [5.74, 6) is 1.58. The molecule has 0 unspecified atom stereocenters. The predicted molar refractivity (Wildman–Crippen MR) is 99.0 cm³/mol. The normalized spacial score (nSPS) is 12.0. The molecule has 0 bridgehead atoms. The first-order valence-electron chi connectivity index (χ1n) is 7.49. The van der Waals surface area contributed by atoms with Gasteiger partial charge in [-0.2, -0.15) is 0 Å². The zero-order valence-corrected chi connectivity index (χ0v) is 16.5. The van der Waals surface area contributed by atoms with Gasteiger partial charge < -0.3 is 10.1 Å². The molecule has 0 saturated carbocycles. The Morgan fingerprint density at radius 1 is 1.29 bits per heavy atom. The number of hydrogen-bond acceptors (Lipinski definition) is 2. The Kier molecular flexibility index (Phi) is 8.60. The van der Waals surface area contributed by atoms with E-state index in [9.17, 15) is 0 Å². The number of benzene rings is 1. The van der Waals surface area contributed by atoms with Crippen LogP contribution in [0.25, 0.3) is 6.08 Å². The van der Waals surface area contributed by atoms with Crippen LogP contribution in [0.1, 0.15) is 39.7 Å². The zero-order valence-electron chi connectivity index (χ0n) is 13.3. The van der Waals surface area contributed by atoms with Crippen LogP contribution in [0.2, 0.25) is 0 Å². The van der Waals surface area contributed by atoms with E-state index in [1.165, 1.54) is 5.57 Å². The number of nitrogens with one attached hydrogen (secondary N) is 1. The molecular formula is C17H25Br2NO. The summed E-state index contributed by atoms with van der Waals surface area (Å²) < 4.78 is 7.81. The van der Waals surface area contributed by atoms with Gasteiger partial charge in [-0.3, -0.25) is 0 Å². The van der Waals surface area contributed by atoms with E-state index in [1.54, 1.807) is 0 Å². The van der Waals surface area contributed by atoms with Crippen LogP contribution in [0.5, 0.6) is 5.75 Å². The highest BCUT2D eigenvalue weighted by atomic mass is 79.9. The van der Waals surface area contributed by atoms with Crippen LogP contribution in [0.3, 0.4) is 0 Å². The van der Waals surface area contributed by atoms with Crippen molar-refractivity contribution in [3.05, 3.63) is 32.2 Å². The molecule has 1 aromatic rings. The predicted octanol–water partition coefficient (Wildman–Crippen LogP) is 5.65. The average molecular weight is 419 g/mol. The molecule has 0 aliphatic heterocycles. The molecule has 0 spiro atoms. The summed E-state index contributed by atoms with van der Waals surface area (Å²) in [6, 6.07) is 4.12. The Morgan fingerprint density at radius 2 is 2.00 bits per heavy atom. The van der Waals surface area contributed by atoms with Crippen molar-refractivity contribution in [2.75, 3.05) is 19.7 Å². The quantitative estimate of drug-likeness (QED) is 0.588. The van der Waals surface area contributed by atoms with Crippen LogP contribution in [-0.2, 0) is 0 Å². The van der Waals surface area contributed by atoms with Crippen molar-refractivity contribution >= 4 is 37.9 Å². The molecule has 0 radical (unpaired) electrons. The number of rotatable bonds is 8. The van der Waals surface area contributed by atoms with Gasteiger partial charge in [-0.25, -0.2) is 0 Å². The smallest absolute Gasteiger partial charge is 0.140 e. The fraction of sp³-hybridized carbons (Fsp3) is 0.529. The maximum Gasteiger partial charge on any atom is 0.140 e. The van der Waals surface area contributed by atoms with E-state index in [1.807, 2.05) is 13.0 Å². The third kappa shape index (κ3) is 6.54. The molecule has 4 heteroatoms. The van der Waals surface area contributed by atoms with E-state index in [-0.39, 0.29) is 0 Å². The SMILES string of the molecule is CCOc1c(Br)cc(Br)cc1C=C(CC)CNCC(C)C. The molecule has 1 rings (SSSR count). The molecule has 0 heterocycles. The molecule has 0 aliphatic carbocycles. The van der Waals surface area contributed by atoms with Crippen molar-refractivity contribution in [1.29, 1.82) is 0 Å². The van der Waals surface area contributed by atoms with E-state index in [0.29, 0.717) is 12.5 Å². The lowest BCUT2D eigenvalue weighted by molar-refractivity contribution is 0.337. The molecule has 2 nitrogen and oxygen atoms in total. The van der Waals surface area contributed by atoms with Gasteiger partial charge in [0.2, 0.25) is 0 Å². The molecule has 0 saturated heterocycles. The van der Waals surface area contributed by atoms with Crippen molar-refractivity contribution < 1.29 is 4.74 Å². The summed E-state index contributed by atoms with van der Waals surface area (Å²) in [5.41, 5.74) is 2.49. The van der Waals surface area contributed by atoms with Crippen molar-refractivity contribution in [1.82, 2.24) is 5.32 Å². The van der Waals surface area contributed by atoms with E-state index in [4.69, 9.17) is 4.74 Å². The lowest BCUT2D eigenvalue weighted by Gasteiger charge is -2.13. The van der Waals surface area contributed by atoms with E-state index in [2.05, 4.69) is 70.1 Å². The first-order valence-corrected chi connectivity index (χ1v) is 9.08. The van der Waals surface area contributed by atoms with Crippen molar-refractivity contribution in [2.45, 2.75) is 34.1 Å². The van der Waals surface area contributed by atoms with Crippen LogP contribution in [-0.4, -0.2) is 19.7 Å². The monoisotopic (exact) mass is 417 g/mol. The highest BCUT2D eigenvalue weighted by Crippen LogP contribution is 2.34. The Morgan fingerprint density at radius 3 is 2.57 bits per heavy atom. The lowest BCUT2D eigenvalue weighted by atomic mass is 10.1. The van der Waals surface area contributed by atoms with E-state index >= 15 is 0 Å². The Bertz CT molecular complexity index is 484. The van der Waals surface area contributed by atoms with Gasteiger partial charge in [-0.05, 0) is 53.9 Å². The zero-order chi connectivity index (χ0) is 15.8. The van der Waals surface area contributed by atoms with Crippen molar-refractivity contribution in [2.24, 2.45) is 5.92 Å². The maximum absolute atomic E-state index is 5.78. The van der Waals surface area contributed by atoms with Crippen LogP contribution in [0, 0.1) is 5.92 Å². The molecule has 0 fully saturated rings. The van der Waals surface area contributed by atoms with Gasteiger partial charge >= 0.3 is 0 Å². The average Bonchev–Trinajstić information content (AvgIpc) is 2.41. The molecule has 1 N–H and O–H groups in total. The third-order valence-corrected chi connectivity index (χ3v) is 4.09. The highest BCUT2D eigenvalue weighted by molar-refractivity contribution is 9.11. The van der Waals surface area contributed by atoms with E-state index < -0.39 is 0 Å². The molecule has 21 heavy (non-hydrogen) atoms. The first kappa shape index (κ1) is 18.7. The molecule has 0 aromatic heterocycles. The molecule has 118 valence electrons. The summed E-state index contributed by atoms with van der Waals surface area (Å²) in [7, 11) is 0. The Hall–Kier alpha value is -0.320. The Balaban J connectivity index is 2.97.